The maximum Gasteiger partial charge on any atom is 0.359 e. The van der Waals surface area contributed by atoms with Gasteiger partial charge < -0.3 is 10.1 Å². The van der Waals surface area contributed by atoms with E-state index in [1.165, 1.54) is 4.68 Å². The molecule has 1 amide bonds. The van der Waals surface area contributed by atoms with Gasteiger partial charge in [0.05, 0.1) is 5.39 Å². The molecule has 0 saturated carbocycles. The zero-order valence-corrected chi connectivity index (χ0v) is 20.3. The van der Waals surface area contributed by atoms with Gasteiger partial charge in [-0.05, 0) is 24.1 Å². The molecule has 0 radical (unpaired) electrons. The molecule has 1 heterocycles. The largest absolute Gasteiger partial charge is 0.451 e. The number of carbonyl (C=O) groups is 2. The van der Waals surface area contributed by atoms with Gasteiger partial charge in [0.1, 0.15) is 0 Å². The number of esters is 1. The normalized spacial score (nSPS) is 10.8. The van der Waals surface area contributed by atoms with Crippen LogP contribution in [-0.4, -0.2) is 28.3 Å². The second kappa shape index (κ2) is 11.9. The molecule has 0 aliphatic heterocycles. The number of fused-ring (bicyclic) bond motifs is 1. The van der Waals surface area contributed by atoms with Crippen LogP contribution in [-0.2, 0) is 16.1 Å². The average molecular weight is 484 g/mol. The average Bonchev–Trinajstić information content (AvgIpc) is 2.92. The molecule has 0 aliphatic rings. The minimum atomic E-state index is -0.750. The monoisotopic (exact) mass is 483 g/mol. The highest BCUT2D eigenvalue weighted by Crippen LogP contribution is 2.27. The van der Waals surface area contributed by atoms with Gasteiger partial charge in [-0.1, -0.05) is 92.9 Å². The lowest BCUT2D eigenvalue weighted by atomic mass is 10.0. The van der Waals surface area contributed by atoms with E-state index in [0.717, 1.165) is 36.8 Å². The lowest BCUT2D eigenvalue weighted by Gasteiger charge is -2.13. The molecule has 1 aromatic heterocycles. The fourth-order valence-electron chi connectivity index (χ4n) is 4.07. The molecule has 0 unspecified atom stereocenters. The molecule has 0 aliphatic carbocycles. The van der Waals surface area contributed by atoms with E-state index in [0.29, 0.717) is 23.0 Å². The fourth-order valence-corrected chi connectivity index (χ4v) is 4.07. The van der Waals surface area contributed by atoms with Crippen LogP contribution in [0.25, 0.3) is 21.9 Å². The van der Waals surface area contributed by atoms with Gasteiger partial charge in [0.15, 0.2) is 12.3 Å². The number of nitrogens with zero attached hydrogens (tertiary/aromatic N) is 2. The third-order valence-electron chi connectivity index (χ3n) is 5.90. The number of aromatic nitrogens is 2. The molecule has 0 spiro atoms. The first-order chi connectivity index (χ1) is 17.6. The van der Waals surface area contributed by atoms with E-state index in [-0.39, 0.29) is 11.3 Å². The smallest absolute Gasteiger partial charge is 0.359 e. The first-order valence-electron chi connectivity index (χ1n) is 12.2. The number of ether oxygens (including phenoxy) is 1. The van der Waals surface area contributed by atoms with Gasteiger partial charge >= 0.3 is 5.97 Å². The molecule has 3 aromatic carbocycles. The third-order valence-corrected chi connectivity index (χ3v) is 5.90. The van der Waals surface area contributed by atoms with Gasteiger partial charge in [-0.25, -0.2) is 9.48 Å². The minimum absolute atomic E-state index is 0.0261. The molecule has 36 heavy (non-hydrogen) atoms. The van der Waals surface area contributed by atoms with E-state index in [4.69, 9.17) is 4.74 Å². The second-order valence-electron chi connectivity index (χ2n) is 8.52. The topological polar surface area (TPSA) is 90.3 Å². The number of amides is 1. The minimum Gasteiger partial charge on any atom is -0.451 e. The van der Waals surface area contributed by atoms with Gasteiger partial charge in [-0.3, -0.25) is 9.59 Å². The summed E-state index contributed by atoms with van der Waals surface area (Å²) in [5, 5.41) is 7.94. The van der Waals surface area contributed by atoms with Crippen molar-refractivity contribution in [2.75, 3.05) is 11.9 Å². The van der Waals surface area contributed by atoms with E-state index < -0.39 is 18.5 Å². The van der Waals surface area contributed by atoms with Crippen molar-refractivity contribution in [3.63, 3.8) is 0 Å². The van der Waals surface area contributed by atoms with Crippen molar-refractivity contribution in [3.8, 4) is 11.1 Å². The Morgan fingerprint density at radius 3 is 2.33 bits per heavy atom. The molecular weight excluding hydrogens is 454 g/mol. The Kier molecular flexibility index (Phi) is 8.24. The summed E-state index contributed by atoms with van der Waals surface area (Å²) >= 11 is 0. The summed E-state index contributed by atoms with van der Waals surface area (Å²) in [6.07, 6.45) is 3.91. The number of nitrogens with one attached hydrogen (secondary N) is 1. The number of benzene rings is 3. The summed E-state index contributed by atoms with van der Waals surface area (Å²) in [5.74, 6) is -1.22. The molecule has 7 nitrogen and oxygen atoms in total. The molecule has 0 bridgehead atoms. The first-order valence-corrected chi connectivity index (χ1v) is 12.2. The molecule has 0 saturated heterocycles. The number of aryl methyl sites for hydroxylation is 1. The summed E-state index contributed by atoms with van der Waals surface area (Å²) in [6, 6.07) is 23.9. The standard InChI is InChI=1S/C29H29N3O4/c1-2-3-4-12-19-32-28(34)24-17-9-8-16-23(24)27(31-32)29(35)36-20-26(33)30-25-18-11-10-15-22(25)21-13-6-5-7-14-21/h5-11,13-18H,2-4,12,19-20H2,1H3,(H,30,33). The van der Waals surface area contributed by atoms with Crippen LogP contribution >= 0.6 is 0 Å². The van der Waals surface area contributed by atoms with Crippen LogP contribution in [0.5, 0.6) is 0 Å². The maximum atomic E-state index is 13.0. The molecule has 4 rings (SSSR count). The Morgan fingerprint density at radius 2 is 1.56 bits per heavy atom. The number of hydrogen-bond donors (Lipinski definition) is 1. The Balaban J connectivity index is 1.49. The number of rotatable bonds is 10. The van der Waals surface area contributed by atoms with E-state index in [1.54, 1.807) is 30.3 Å². The Bertz CT molecular complexity index is 1410. The van der Waals surface area contributed by atoms with Crippen molar-refractivity contribution in [2.45, 2.75) is 39.2 Å². The summed E-state index contributed by atoms with van der Waals surface area (Å²) < 4.78 is 6.65. The summed E-state index contributed by atoms with van der Waals surface area (Å²) in [4.78, 5) is 38.5. The first kappa shape index (κ1) is 24.9. The summed E-state index contributed by atoms with van der Waals surface area (Å²) in [5.41, 5.74) is 2.23. The van der Waals surface area contributed by atoms with Crippen LogP contribution in [0.2, 0.25) is 0 Å². The number of unbranched alkanes of at least 4 members (excludes halogenated alkanes) is 3. The Hall–Kier alpha value is -4.26. The van der Waals surface area contributed by atoms with Crippen LogP contribution < -0.4 is 10.9 Å². The van der Waals surface area contributed by atoms with Gasteiger partial charge in [0.2, 0.25) is 0 Å². The van der Waals surface area contributed by atoms with Crippen molar-refractivity contribution < 1.29 is 14.3 Å². The van der Waals surface area contributed by atoms with Crippen molar-refractivity contribution in [1.82, 2.24) is 9.78 Å². The van der Waals surface area contributed by atoms with Gasteiger partial charge in [-0.2, -0.15) is 5.10 Å². The quantitative estimate of drug-likeness (QED) is 0.240. The fraction of sp³-hybridized carbons (Fsp3) is 0.241. The van der Waals surface area contributed by atoms with Gasteiger partial charge in [0.25, 0.3) is 11.5 Å². The SMILES string of the molecule is CCCCCCn1nc(C(=O)OCC(=O)Nc2ccccc2-c2ccccc2)c2ccccc2c1=O. The number of carbonyl (C=O) groups excluding carboxylic acids is 2. The number of anilines is 1. The molecular formula is C29H29N3O4. The summed E-state index contributed by atoms with van der Waals surface area (Å²) in [6.45, 7) is 2.05. The van der Waals surface area contributed by atoms with Crippen molar-refractivity contribution in [3.05, 3.63) is 94.9 Å². The highest BCUT2D eigenvalue weighted by atomic mass is 16.5. The molecule has 7 heteroatoms. The van der Waals surface area contributed by atoms with E-state index >= 15 is 0 Å². The number of para-hydroxylation sites is 1. The van der Waals surface area contributed by atoms with E-state index in [2.05, 4.69) is 17.3 Å². The maximum absolute atomic E-state index is 13.0. The lowest BCUT2D eigenvalue weighted by Crippen LogP contribution is -2.28. The molecule has 4 aromatic rings. The lowest BCUT2D eigenvalue weighted by molar-refractivity contribution is -0.119. The summed E-state index contributed by atoms with van der Waals surface area (Å²) in [7, 11) is 0. The van der Waals surface area contributed by atoms with Crippen molar-refractivity contribution in [2.24, 2.45) is 0 Å². The zero-order valence-electron chi connectivity index (χ0n) is 20.3. The predicted octanol–water partition coefficient (Wildman–Crippen LogP) is 5.44. The van der Waals surface area contributed by atoms with E-state index in [9.17, 15) is 14.4 Å². The Morgan fingerprint density at radius 1 is 0.861 bits per heavy atom. The van der Waals surface area contributed by atoms with Crippen LogP contribution in [0.1, 0.15) is 43.1 Å². The number of hydrogen-bond acceptors (Lipinski definition) is 5. The van der Waals surface area contributed by atoms with Crippen LogP contribution in [0.4, 0.5) is 5.69 Å². The van der Waals surface area contributed by atoms with Gasteiger partial charge in [0, 0.05) is 23.2 Å². The highest BCUT2D eigenvalue weighted by Gasteiger charge is 2.19. The predicted molar refractivity (Wildman–Crippen MR) is 141 cm³/mol. The zero-order chi connectivity index (χ0) is 25.3. The van der Waals surface area contributed by atoms with Crippen molar-refractivity contribution in [1.29, 1.82) is 0 Å². The Labute approximate surface area is 209 Å². The van der Waals surface area contributed by atoms with Crippen LogP contribution in [0.15, 0.2) is 83.7 Å². The van der Waals surface area contributed by atoms with Crippen molar-refractivity contribution >= 4 is 28.3 Å². The molecule has 1 N–H and O–H groups in total. The third kappa shape index (κ3) is 5.86. The molecule has 184 valence electrons. The van der Waals surface area contributed by atoms with Crippen LogP contribution in [0, 0.1) is 0 Å². The van der Waals surface area contributed by atoms with E-state index in [1.807, 2.05) is 48.5 Å². The van der Waals surface area contributed by atoms with Gasteiger partial charge in [-0.15, -0.1) is 0 Å². The highest BCUT2D eigenvalue weighted by molar-refractivity contribution is 6.03. The second-order valence-corrected chi connectivity index (χ2v) is 8.52. The van der Waals surface area contributed by atoms with Crippen LogP contribution in [0.3, 0.4) is 0 Å². The molecule has 0 atom stereocenters. The molecule has 0 fully saturated rings.